The van der Waals surface area contributed by atoms with Crippen LogP contribution in [0.3, 0.4) is 0 Å². The molecule has 9 nitrogen and oxygen atoms in total. The maximum atomic E-state index is 14.6. The Kier molecular flexibility index (Phi) is 8.53. The summed E-state index contributed by atoms with van der Waals surface area (Å²) in [6.45, 7) is 3.45. The van der Waals surface area contributed by atoms with Crippen molar-refractivity contribution in [1.82, 2.24) is 19.8 Å². The van der Waals surface area contributed by atoms with Crippen molar-refractivity contribution in [3.05, 3.63) is 82.3 Å². The molecule has 3 heterocycles. The summed E-state index contributed by atoms with van der Waals surface area (Å²) in [4.78, 5) is 38.0. The smallest absolute Gasteiger partial charge is 0.261 e. The molecule has 222 valence electrons. The quantitative estimate of drug-likeness (QED) is 0.158. The highest BCUT2D eigenvalue weighted by atomic mass is 79.9. The average molecular weight is 648 g/mol. The van der Waals surface area contributed by atoms with Gasteiger partial charge in [0.15, 0.2) is 0 Å². The van der Waals surface area contributed by atoms with Crippen LogP contribution in [0.2, 0.25) is 0 Å². The van der Waals surface area contributed by atoms with Gasteiger partial charge in [0, 0.05) is 29.0 Å². The summed E-state index contributed by atoms with van der Waals surface area (Å²) in [7, 11) is 2.13. The van der Waals surface area contributed by atoms with E-state index in [1.807, 2.05) is 12.1 Å². The maximum Gasteiger partial charge on any atom is 0.261 e. The number of hydrogen-bond acceptors (Lipinski definition) is 8. The lowest BCUT2D eigenvalue weighted by molar-refractivity contribution is 0.0654. The van der Waals surface area contributed by atoms with Gasteiger partial charge in [0.25, 0.3) is 11.8 Å². The lowest BCUT2D eigenvalue weighted by Crippen LogP contribution is -2.32. The Balaban J connectivity index is 1.21. The summed E-state index contributed by atoms with van der Waals surface area (Å²) in [6, 6.07) is 15.5. The second-order valence-electron chi connectivity index (χ2n) is 11.0. The lowest BCUT2D eigenvalue weighted by Gasteiger charge is -2.29. The first-order valence-corrected chi connectivity index (χ1v) is 15.2. The van der Waals surface area contributed by atoms with Crippen LogP contribution in [0.4, 0.5) is 21.6 Å². The Labute approximate surface area is 257 Å². The van der Waals surface area contributed by atoms with Crippen LogP contribution in [0, 0.1) is 11.7 Å². The minimum absolute atomic E-state index is 0.263. The van der Waals surface area contributed by atoms with E-state index in [-0.39, 0.29) is 18.4 Å². The molecule has 0 saturated carbocycles. The Morgan fingerprint density at radius 2 is 1.74 bits per heavy atom. The van der Waals surface area contributed by atoms with Gasteiger partial charge < -0.3 is 20.3 Å². The van der Waals surface area contributed by atoms with E-state index in [0.717, 1.165) is 31.6 Å². The van der Waals surface area contributed by atoms with Gasteiger partial charge in [-0.1, -0.05) is 28.1 Å². The molecule has 11 heteroatoms. The number of carbonyl (C=O) groups is 2. The van der Waals surface area contributed by atoms with Gasteiger partial charge >= 0.3 is 0 Å². The van der Waals surface area contributed by atoms with Crippen molar-refractivity contribution >= 4 is 55.8 Å². The molecule has 0 spiro atoms. The van der Waals surface area contributed by atoms with E-state index >= 15 is 0 Å². The van der Waals surface area contributed by atoms with E-state index in [4.69, 9.17) is 4.74 Å². The van der Waals surface area contributed by atoms with E-state index in [9.17, 15) is 14.0 Å². The van der Waals surface area contributed by atoms with Crippen LogP contribution >= 0.6 is 15.9 Å². The molecule has 0 radical (unpaired) electrons. The topological polar surface area (TPSA) is 99.7 Å². The second kappa shape index (κ2) is 12.6. The summed E-state index contributed by atoms with van der Waals surface area (Å²) in [5, 5.41) is 7.23. The Hall–Kier alpha value is -4.09. The molecule has 2 N–H and O–H groups in total. The fourth-order valence-electron chi connectivity index (χ4n) is 5.50. The predicted octanol–water partition coefficient (Wildman–Crippen LogP) is 6.09. The largest absolute Gasteiger partial charge is 0.491 e. The highest BCUT2D eigenvalue weighted by molar-refractivity contribution is 9.10. The third-order valence-electron chi connectivity index (χ3n) is 7.99. The number of carbonyl (C=O) groups excluding carboxylic acids is 2. The Bertz CT molecular complexity index is 1640. The molecule has 2 amide bonds. The number of imide groups is 1. The van der Waals surface area contributed by atoms with E-state index in [2.05, 4.69) is 48.5 Å². The van der Waals surface area contributed by atoms with Crippen molar-refractivity contribution in [2.75, 3.05) is 50.5 Å². The molecule has 2 aliphatic heterocycles. The number of anilines is 3. The Morgan fingerprint density at radius 3 is 2.47 bits per heavy atom. The van der Waals surface area contributed by atoms with Crippen molar-refractivity contribution in [1.29, 1.82) is 0 Å². The molecule has 4 aromatic rings. The third-order valence-corrected chi connectivity index (χ3v) is 8.48. The number of ether oxygens (including phenoxy) is 1. The van der Waals surface area contributed by atoms with Crippen LogP contribution in [0.25, 0.3) is 10.9 Å². The first kappa shape index (κ1) is 29.0. The summed E-state index contributed by atoms with van der Waals surface area (Å²) >= 11 is 3.29. The third kappa shape index (κ3) is 6.33. The number of amides is 2. The molecule has 0 aliphatic carbocycles. The molecule has 43 heavy (non-hydrogen) atoms. The highest BCUT2D eigenvalue weighted by Gasteiger charge is 2.34. The van der Waals surface area contributed by atoms with Crippen molar-refractivity contribution in [3.63, 3.8) is 0 Å². The number of rotatable bonds is 10. The minimum Gasteiger partial charge on any atom is -0.491 e. The van der Waals surface area contributed by atoms with Gasteiger partial charge in [-0.25, -0.2) is 14.4 Å². The number of halogens is 2. The van der Waals surface area contributed by atoms with Crippen molar-refractivity contribution in [2.45, 2.75) is 19.3 Å². The summed E-state index contributed by atoms with van der Waals surface area (Å²) < 4.78 is 21.6. The second-order valence-corrected chi connectivity index (χ2v) is 11.9. The minimum atomic E-state index is -0.411. The fourth-order valence-corrected chi connectivity index (χ4v) is 5.83. The van der Waals surface area contributed by atoms with Crippen LogP contribution in [-0.4, -0.2) is 71.4 Å². The van der Waals surface area contributed by atoms with Crippen LogP contribution in [0.1, 0.15) is 40.0 Å². The van der Waals surface area contributed by atoms with Crippen molar-refractivity contribution < 1.29 is 18.7 Å². The van der Waals surface area contributed by atoms with Gasteiger partial charge in [-0.05, 0) is 81.7 Å². The molecule has 1 aromatic heterocycles. The number of nitrogens with one attached hydrogen (secondary N) is 2. The Morgan fingerprint density at radius 1 is 1.00 bits per heavy atom. The van der Waals surface area contributed by atoms with Gasteiger partial charge in [-0.15, -0.1) is 0 Å². The predicted molar refractivity (Wildman–Crippen MR) is 168 cm³/mol. The fraction of sp³-hybridized carbons (Fsp3) is 0.312. The van der Waals surface area contributed by atoms with E-state index < -0.39 is 5.82 Å². The number of likely N-dealkylation sites (tertiary alicyclic amines) is 1. The molecular weight excluding hydrogens is 615 g/mol. The van der Waals surface area contributed by atoms with Gasteiger partial charge in [0.05, 0.1) is 34.6 Å². The van der Waals surface area contributed by atoms with Crippen LogP contribution < -0.4 is 15.4 Å². The molecule has 1 saturated heterocycles. The maximum absolute atomic E-state index is 14.6. The molecule has 1 fully saturated rings. The number of benzene rings is 3. The first-order valence-electron chi connectivity index (χ1n) is 14.4. The zero-order valence-corrected chi connectivity index (χ0v) is 25.4. The summed E-state index contributed by atoms with van der Waals surface area (Å²) in [6.07, 6.45) is 4.13. The van der Waals surface area contributed by atoms with Gasteiger partial charge in [0.1, 0.15) is 23.7 Å². The molecular formula is C32H32BrFN6O3. The lowest BCUT2D eigenvalue weighted by atomic mass is 9.98. The average Bonchev–Trinajstić information content (AvgIpc) is 3.25. The SMILES string of the molecule is CN1CCC(COc2cc3ncnc(Nc4ccc(Br)cc4F)c3cc2NCCCN2C(=O)c3ccccc3C2=O)CC1. The number of nitrogens with zero attached hydrogens (tertiary/aromatic N) is 4. The molecule has 2 aliphatic rings. The van der Waals surface area contributed by atoms with E-state index in [0.29, 0.717) is 69.2 Å². The van der Waals surface area contributed by atoms with Crippen LogP contribution in [0.5, 0.6) is 5.75 Å². The number of hydrogen-bond donors (Lipinski definition) is 2. The molecule has 0 unspecified atom stereocenters. The molecule has 0 atom stereocenters. The zero-order valence-electron chi connectivity index (χ0n) is 23.8. The monoisotopic (exact) mass is 646 g/mol. The summed E-state index contributed by atoms with van der Waals surface area (Å²) in [5.74, 6) is 0.638. The first-order chi connectivity index (χ1) is 20.9. The molecule has 6 rings (SSSR count). The summed E-state index contributed by atoms with van der Waals surface area (Å²) in [5.41, 5.74) is 2.58. The van der Waals surface area contributed by atoms with Crippen LogP contribution in [0.15, 0.2) is 65.4 Å². The van der Waals surface area contributed by atoms with Gasteiger partial charge in [-0.2, -0.15) is 0 Å². The number of aromatic nitrogens is 2. The number of fused-ring (bicyclic) bond motifs is 2. The number of piperidine rings is 1. The van der Waals surface area contributed by atoms with Crippen LogP contribution in [-0.2, 0) is 0 Å². The molecule has 0 bridgehead atoms. The van der Waals surface area contributed by atoms with E-state index in [1.54, 1.807) is 36.4 Å². The van der Waals surface area contributed by atoms with Gasteiger partial charge in [0.2, 0.25) is 0 Å². The van der Waals surface area contributed by atoms with Crippen molar-refractivity contribution in [2.24, 2.45) is 5.92 Å². The highest BCUT2D eigenvalue weighted by Crippen LogP contribution is 2.35. The standard InChI is InChI=1S/C32H32BrFN6O3/c1-39-13-9-20(10-14-39)18-43-29-17-27-24(30(37-19-36-27)38-26-8-7-21(33)15-25(26)34)16-28(29)35-11-4-12-40-31(41)22-5-2-3-6-23(22)32(40)42/h2-3,5-8,15-17,19-20,35H,4,9-14,18H2,1H3,(H,36,37,38). The molecule has 3 aromatic carbocycles. The zero-order chi connectivity index (χ0) is 29.9. The van der Waals surface area contributed by atoms with E-state index in [1.165, 1.54) is 17.3 Å². The van der Waals surface area contributed by atoms with Crippen molar-refractivity contribution in [3.8, 4) is 5.75 Å². The normalized spacial score (nSPS) is 15.7. The van der Waals surface area contributed by atoms with Gasteiger partial charge in [-0.3, -0.25) is 14.5 Å².